The SMILES string of the molecule is COC1(OC)C(OCc2ccoc2)=C(Cl)C(=O)C1(Cl)c1ccoc1C. The molecule has 0 bridgehead atoms. The molecule has 0 fully saturated rings. The minimum Gasteiger partial charge on any atom is -0.486 e. The van der Waals surface area contributed by atoms with E-state index >= 15 is 0 Å². The van der Waals surface area contributed by atoms with Crippen LogP contribution in [0.3, 0.4) is 0 Å². The number of hydrogen-bond donors (Lipinski definition) is 0. The molecular weight excluding hydrogens is 371 g/mol. The Labute approximate surface area is 154 Å². The molecule has 1 aliphatic rings. The number of carbonyl (C=O) groups excluding carboxylic acids is 1. The quantitative estimate of drug-likeness (QED) is 0.554. The number of allylic oxidation sites excluding steroid dienone is 1. The third-order valence-corrected chi connectivity index (χ3v) is 5.20. The van der Waals surface area contributed by atoms with E-state index in [1.54, 1.807) is 19.1 Å². The van der Waals surface area contributed by atoms with Crippen LogP contribution in [0.2, 0.25) is 0 Å². The molecule has 0 saturated heterocycles. The van der Waals surface area contributed by atoms with E-state index in [2.05, 4.69) is 0 Å². The second-order valence-corrected chi connectivity index (χ2v) is 6.41. The highest BCUT2D eigenvalue weighted by atomic mass is 35.5. The molecule has 0 saturated carbocycles. The molecule has 6 nitrogen and oxygen atoms in total. The molecule has 2 heterocycles. The maximum absolute atomic E-state index is 13.0. The van der Waals surface area contributed by atoms with Crippen molar-refractivity contribution in [2.45, 2.75) is 24.2 Å². The summed E-state index contributed by atoms with van der Waals surface area (Å²) in [5, 5.41) is -0.192. The third kappa shape index (κ3) is 2.44. The second-order valence-electron chi connectivity index (χ2n) is 5.47. The van der Waals surface area contributed by atoms with Crippen LogP contribution in [0.1, 0.15) is 16.9 Å². The Morgan fingerprint density at radius 3 is 2.44 bits per heavy atom. The number of carbonyl (C=O) groups is 1. The van der Waals surface area contributed by atoms with Crippen LogP contribution in [-0.4, -0.2) is 25.8 Å². The van der Waals surface area contributed by atoms with E-state index in [9.17, 15) is 4.79 Å². The Balaban J connectivity index is 2.08. The Kier molecular flexibility index (Phi) is 4.72. The van der Waals surface area contributed by atoms with Gasteiger partial charge in [-0.2, -0.15) is 0 Å². The maximum Gasteiger partial charge on any atom is 0.261 e. The highest BCUT2D eigenvalue weighted by Crippen LogP contribution is 2.56. The predicted octanol–water partition coefficient (Wildman–Crippen LogP) is 3.85. The summed E-state index contributed by atoms with van der Waals surface area (Å²) in [7, 11) is 2.72. The number of ether oxygens (including phenoxy) is 3. The molecule has 2 aromatic heterocycles. The molecule has 1 atom stereocenters. The molecule has 134 valence electrons. The maximum atomic E-state index is 13.0. The van der Waals surface area contributed by atoms with Crippen LogP contribution in [0.15, 0.2) is 50.5 Å². The van der Waals surface area contributed by atoms with E-state index in [1.807, 2.05) is 0 Å². The van der Waals surface area contributed by atoms with Gasteiger partial charge in [0.05, 0.1) is 18.8 Å². The number of aryl methyl sites for hydroxylation is 1. The van der Waals surface area contributed by atoms with Crippen LogP contribution in [0, 0.1) is 6.92 Å². The largest absolute Gasteiger partial charge is 0.486 e. The van der Waals surface area contributed by atoms with Gasteiger partial charge in [0, 0.05) is 25.3 Å². The Bertz CT molecular complexity index is 803. The first-order valence-corrected chi connectivity index (χ1v) is 8.10. The summed E-state index contributed by atoms with van der Waals surface area (Å²) in [4.78, 5) is 11.2. The van der Waals surface area contributed by atoms with Crippen LogP contribution >= 0.6 is 23.2 Å². The summed E-state index contributed by atoms with van der Waals surface area (Å²) >= 11 is 13.1. The smallest absolute Gasteiger partial charge is 0.261 e. The fourth-order valence-electron chi connectivity index (χ4n) is 2.99. The minimum atomic E-state index is -1.78. The molecular formula is C17H16Cl2O6. The lowest BCUT2D eigenvalue weighted by Crippen LogP contribution is -2.53. The molecule has 2 aromatic rings. The van der Waals surface area contributed by atoms with Crippen molar-refractivity contribution in [3.8, 4) is 0 Å². The molecule has 0 N–H and O–H groups in total. The van der Waals surface area contributed by atoms with Crippen molar-refractivity contribution in [1.82, 2.24) is 0 Å². The van der Waals surface area contributed by atoms with Crippen molar-refractivity contribution in [3.63, 3.8) is 0 Å². The van der Waals surface area contributed by atoms with Gasteiger partial charge in [0.2, 0.25) is 5.78 Å². The van der Waals surface area contributed by atoms with Crippen molar-refractivity contribution in [1.29, 1.82) is 0 Å². The molecule has 0 spiro atoms. The van der Waals surface area contributed by atoms with E-state index in [0.717, 1.165) is 5.56 Å². The summed E-state index contributed by atoms with van der Waals surface area (Å²) in [5.41, 5.74) is 1.14. The average molecular weight is 387 g/mol. The van der Waals surface area contributed by atoms with Crippen LogP contribution in [0.5, 0.6) is 0 Å². The fraction of sp³-hybridized carbons (Fsp3) is 0.353. The van der Waals surface area contributed by atoms with E-state index in [1.165, 1.54) is 33.0 Å². The number of methoxy groups -OCH3 is 2. The Morgan fingerprint density at radius 1 is 1.20 bits per heavy atom. The van der Waals surface area contributed by atoms with Gasteiger partial charge in [-0.1, -0.05) is 23.2 Å². The van der Waals surface area contributed by atoms with Gasteiger partial charge in [0.1, 0.15) is 17.4 Å². The average Bonchev–Trinajstić information content (AvgIpc) is 3.31. The molecule has 1 unspecified atom stereocenters. The van der Waals surface area contributed by atoms with Gasteiger partial charge in [0.25, 0.3) is 5.79 Å². The molecule has 8 heteroatoms. The van der Waals surface area contributed by atoms with Crippen LogP contribution in [0.25, 0.3) is 0 Å². The van der Waals surface area contributed by atoms with Crippen LogP contribution in [-0.2, 0) is 30.5 Å². The summed E-state index contributed by atoms with van der Waals surface area (Å²) in [6, 6.07) is 3.30. The van der Waals surface area contributed by atoms with Gasteiger partial charge < -0.3 is 23.0 Å². The molecule has 1 aliphatic carbocycles. The van der Waals surface area contributed by atoms with E-state index < -0.39 is 16.4 Å². The lowest BCUT2D eigenvalue weighted by molar-refractivity contribution is -0.219. The number of ketones is 1. The molecule has 0 radical (unpaired) electrons. The summed E-state index contributed by atoms with van der Waals surface area (Å²) in [5.74, 6) is -1.89. The normalized spacial score (nSPS) is 22.7. The van der Waals surface area contributed by atoms with E-state index in [0.29, 0.717) is 11.3 Å². The third-order valence-electron chi connectivity index (χ3n) is 4.23. The molecule has 0 amide bonds. The van der Waals surface area contributed by atoms with E-state index in [4.69, 9.17) is 46.2 Å². The minimum absolute atomic E-state index is 0.000895. The lowest BCUT2D eigenvalue weighted by Gasteiger charge is -2.38. The molecule has 0 aromatic carbocycles. The monoisotopic (exact) mass is 386 g/mol. The highest BCUT2D eigenvalue weighted by Gasteiger charge is 2.69. The van der Waals surface area contributed by atoms with Gasteiger partial charge in [-0.25, -0.2) is 0 Å². The summed E-state index contributed by atoms with van der Waals surface area (Å²) in [6.45, 7) is 1.78. The zero-order valence-electron chi connectivity index (χ0n) is 13.8. The topological polar surface area (TPSA) is 71.0 Å². The number of furan rings is 2. The molecule has 0 aliphatic heterocycles. The Hall–Kier alpha value is -1.73. The number of Topliss-reactive ketones (excluding diaryl/α,β-unsaturated/α-hetero) is 1. The fourth-order valence-corrected chi connectivity index (χ4v) is 3.89. The highest BCUT2D eigenvalue weighted by molar-refractivity contribution is 6.52. The van der Waals surface area contributed by atoms with Crippen molar-refractivity contribution in [2.75, 3.05) is 14.2 Å². The summed E-state index contributed by atoms with van der Waals surface area (Å²) in [6.07, 6.45) is 4.45. The lowest BCUT2D eigenvalue weighted by atomic mass is 9.89. The van der Waals surface area contributed by atoms with Crippen LogP contribution < -0.4 is 0 Å². The van der Waals surface area contributed by atoms with Gasteiger partial charge in [0.15, 0.2) is 10.6 Å². The first-order valence-electron chi connectivity index (χ1n) is 7.35. The van der Waals surface area contributed by atoms with Crippen molar-refractivity contribution in [2.24, 2.45) is 0 Å². The van der Waals surface area contributed by atoms with Gasteiger partial charge in [-0.3, -0.25) is 4.79 Å². The van der Waals surface area contributed by atoms with E-state index in [-0.39, 0.29) is 17.4 Å². The van der Waals surface area contributed by atoms with Gasteiger partial charge >= 0.3 is 0 Å². The molecule has 25 heavy (non-hydrogen) atoms. The Morgan fingerprint density at radius 2 is 1.92 bits per heavy atom. The molecule has 3 rings (SSSR count). The second kappa shape index (κ2) is 6.53. The zero-order chi connectivity index (χ0) is 18.2. The zero-order valence-corrected chi connectivity index (χ0v) is 15.3. The van der Waals surface area contributed by atoms with Crippen molar-refractivity contribution in [3.05, 3.63) is 58.6 Å². The number of halogens is 2. The van der Waals surface area contributed by atoms with Crippen molar-refractivity contribution < 1.29 is 27.8 Å². The van der Waals surface area contributed by atoms with Gasteiger partial charge in [-0.15, -0.1) is 0 Å². The first kappa shape index (κ1) is 18.1. The summed E-state index contributed by atoms with van der Waals surface area (Å²) < 4.78 is 27.2. The van der Waals surface area contributed by atoms with Gasteiger partial charge in [-0.05, 0) is 19.1 Å². The van der Waals surface area contributed by atoms with Crippen molar-refractivity contribution >= 4 is 29.0 Å². The number of alkyl halides is 1. The first-order chi connectivity index (χ1) is 11.9. The van der Waals surface area contributed by atoms with Crippen LogP contribution in [0.4, 0.5) is 0 Å². The number of rotatable bonds is 6. The standard InChI is InChI=1S/C17H16Cl2O6/c1-10-12(5-7-24-10)16(19)14(20)13(18)15(17(16,21-2)22-3)25-9-11-4-6-23-8-11/h4-8H,9H2,1-3H3. The number of hydrogen-bond acceptors (Lipinski definition) is 6. The predicted molar refractivity (Wildman–Crippen MR) is 89.1 cm³/mol.